The predicted octanol–water partition coefficient (Wildman–Crippen LogP) is 3.46. The maximum atomic E-state index is 9.30. The van der Waals surface area contributed by atoms with Gasteiger partial charge < -0.3 is 9.69 Å². The highest BCUT2D eigenvalue weighted by Gasteiger charge is 2.28. The molecule has 0 amide bonds. The summed E-state index contributed by atoms with van der Waals surface area (Å²) in [5.41, 5.74) is -0.979. The van der Waals surface area contributed by atoms with Gasteiger partial charge in [-0.05, 0) is 0 Å². The number of hydrogen-bond donors (Lipinski definition) is 0. The highest BCUT2D eigenvalue weighted by atomic mass is 15.2. The summed E-state index contributed by atoms with van der Waals surface area (Å²) in [5, 5.41) is 34.1. The van der Waals surface area contributed by atoms with Crippen molar-refractivity contribution >= 4 is 55.8 Å². The zero-order valence-corrected chi connectivity index (χ0v) is 14.4. The topological polar surface area (TPSA) is 142 Å². The van der Waals surface area contributed by atoms with Crippen molar-refractivity contribution in [3.05, 3.63) is 57.1 Å². The van der Waals surface area contributed by atoms with Gasteiger partial charge in [0.05, 0.1) is 23.9 Å². The van der Waals surface area contributed by atoms with E-state index in [1.165, 1.54) is 0 Å². The molecule has 3 heterocycles. The van der Waals surface area contributed by atoms with Gasteiger partial charge in [-0.25, -0.2) is 9.69 Å². The zero-order chi connectivity index (χ0) is 21.4. The molecule has 0 aliphatic heterocycles. The van der Waals surface area contributed by atoms with Gasteiger partial charge >= 0.3 is 0 Å². The number of rotatable bonds is 0. The highest BCUT2D eigenvalue weighted by Crippen LogP contribution is 2.42. The van der Waals surface area contributed by atoms with E-state index < -0.39 is 0 Å². The van der Waals surface area contributed by atoms with Crippen LogP contribution in [-0.2, 0) is 0 Å². The molecular formula is C18N12. The van der Waals surface area contributed by atoms with Gasteiger partial charge in [0.15, 0.2) is 11.4 Å². The van der Waals surface area contributed by atoms with Crippen LogP contribution in [0.15, 0.2) is 0 Å². The van der Waals surface area contributed by atoms with Crippen molar-refractivity contribution in [2.24, 2.45) is 0 Å². The summed E-state index contributed by atoms with van der Waals surface area (Å²) in [7, 11) is 0. The van der Waals surface area contributed by atoms with Crippen molar-refractivity contribution in [1.82, 2.24) is 30.4 Å². The van der Waals surface area contributed by atoms with Crippen LogP contribution in [0.3, 0.4) is 0 Å². The lowest BCUT2D eigenvalue weighted by molar-refractivity contribution is 1.03. The summed E-state index contributed by atoms with van der Waals surface area (Å²) in [4.78, 5) is 21.5. The molecule has 0 saturated carbocycles. The van der Waals surface area contributed by atoms with Crippen LogP contribution in [0.5, 0.6) is 0 Å². The third-order valence-electron chi connectivity index (χ3n) is 4.10. The van der Waals surface area contributed by atoms with Gasteiger partial charge in [-0.2, -0.15) is 20.7 Å². The maximum absolute atomic E-state index is 9.30. The van der Waals surface area contributed by atoms with Crippen molar-refractivity contribution in [3.63, 3.8) is 0 Å². The summed E-state index contributed by atoms with van der Waals surface area (Å²) in [6.45, 7) is 29.5. The summed E-state index contributed by atoms with van der Waals surface area (Å²) in [6.07, 6.45) is 0. The number of aromatic nitrogens is 6. The molecule has 4 rings (SSSR count). The maximum Gasteiger partial charge on any atom is 0.294 e. The van der Waals surface area contributed by atoms with Gasteiger partial charge in [-0.1, -0.05) is 13.1 Å². The van der Waals surface area contributed by atoms with Crippen LogP contribution in [-0.4, -0.2) is 30.4 Å². The minimum atomic E-state index is -0.323. The highest BCUT2D eigenvalue weighted by molar-refractivity contribution is 6.27. The van der Waals surface area contributed by atoms with Crippen LogP contribution in [0.2, 0.25) is 0 Å². The third-order valence-corrected chi connectivity index (χ3v) is 4.10. The second-order valence-corrected chi connectivity index (χ2v) is 5.48. The van der Waals surface area contributed by atoms with Gasteiger partial charge in [0.2, 0.25) is 22.4 Å². The lowest BCUT2D eigenvalue weighted by Gasteiger charge is -2.07. The first-order chi connectivity index (χ1) is 14.6. The Morgan fingerprint density at radius 3 is 1.27 bits per heavy atom. The summed E-state index contributed by atoms with van der Waals surface area (Å²) in [5.74, 6) is -0.646. The quantitative estimate of drug-likeness (QED) is 0.331. The second kappa shape index (κ2) is 6.41. The van der Waals surface area contributed by atoms with E-state index in [9.17, 15) is 10.5 Å². The fourth-order valence-corrected chi connectivity index (χ4v) is 2.92. The number of nitriles is 2. The van der Waals surface area contributed by atoms with E-state index in [0.717, 1.165) is 0 Å². The van der Waals surface area contributed by atoms with E-state index >= 15 is 0 Å². The Morgan fingerprint density at radius 1 is 0.567 bits per heavy atom. The van der Waals surface area contributed by atoms with Crippen molar-refractivity contribution < 1.29 is 0 Å². The van der Waals surface area contributed by atoms with Crippen molar-refractivity contribution in [1.29, 1.82) is 10.5 Å². The van der Waals surface area contributed by atoms with Crippen LogP contribution in [0.4, 0.5) is 23.0 Å². The molecule has 0 unspecified atom stereocenters. The molecule has 0 fully saturated rings. The first kappa shape index (κ1) is 17.6. The molecule has 0 atom stereocenters. The number of hydrogen-bond acceptors (Lipinski definition) is 8. The Hall–Kier alpha value is -5.82. The normalized spacial score (nSPS) is 9.80. The molecule has 12 heteroatoms. The number of nitrogens with zero attached hydrogens (tertiary/aromatic N) is 12. The second-order valence-electron chi connectivity index (χ2n) is 5.48. The molecule has 30 heavy (non-hydrogen) atoms. The van der Waals surface area contributed by atoms with Crippen LogP contribution in [0.1, 0.15) is 11.4 Å². The minimum absolute atomic E-state index is 0.00480. The smallest absolute Gasteiger partial charge is 0.294 e. The van der Waals surface area contributed by atoms with E-state index in [4.69, 9.17) is 26.3 Å². The first-order valence-electron chi connectivity index (χ1n) is 7.67. The van der Waals surface area contributed by atoms with Crippen molar-refractivity contribution in [2.75, 3.05) is 0 Å². The molecule has 0 saturated heterocycles. The molecule has 0 N–H and O–H groups in total. The van der Waals surface area contributed by atoms with E-state index in [-0.39, 0.29) is 67.2 Å². The molecule has 0 spiro atoms. The average molecular weight is 384 g/mol. The minimum Gasteiger partial charge on any atom is -0.370 e. The summed E-state index contributed by atoms with van der Waals surface area (Å²) < 4.78 is 0. The number of benzene rings is 1. The fraction of sp³-hybridized carbons (Fsp3) is 0. The van der Waals surface area contributed by atoms with Gasteiger partial charge in [-0.3, -0.25) is 0 Å². The molecule has 1 aromatic carbocycles. The van der Waals surface area contributed by atoms with Crippen molar-refractivity contribution in [2.45, 2.75) is 0 Å². The molecule has 0 aliphatic rings. The Kier molecular flexibility index (Phi) is 3.76. The molecule has 0 aliphatic carbocycles. The van der Waals surface area contributed by atoms with Crippen LogP contribution in [0.25, 0.3) is 52.2 Å². The Bertz CT molecular complexity index is 1580. The number of fused-ring (bicyclic) bond motifs is 6. The van der Waals surface area contributed by atoms with Gasteiger partial charge in [0.25, 0.3) is 11.6 Å². The van der Waals surface area contributed by atoms with Gasteiger partial charge in [0.1, 0.15) is 23.2 Å². The average Bonchev–Trinajstić information content (AvgIpc) is 2.80. The van der Waals surface area contributed by atoms with Crippen LogP contribution >= 0.6 is 0 Å². The van der Waals surface area contributed by atoms with E-state index in [0.29, 0.717) is 0 Å². The predicted molar refractivity (Wildman–Crippen MR) is 100 cm³/mol. The lowest BCUT2D eigenvalue weighted by Crippen LogP contribution is -1.99. The molecule has 3 aromatic heterocycles. The zero-order valence-electron chi connectivity index (χ0n) is 14.4. The van der Waals surface area contributed by atoms with E-state index in [2.05, 4.69) is 49.7 Å². The largest absolute Gasteiger partial charge is 0.370 e. The Balaban J connectivity index is 2.51. The lowest BCUT2D eigenvalue weighted by atomic mass is 10.0. The standard InChI is InChI=1S/C18N12/c1-21-11-7(5-19)27-29-15-9(11)13-14(26-18(24-4)17(23-3)25-13)10-12(22-2)8(6-20)28-30-16(10)15. The van der Waals surface area contributed by atoms with Gasteiger partial charge in [0, 0.05) is 0 Å². The Labute approximate surface area is 166 Å². The fourth-order valence-electron chi connectivity index (χ4n) is 2.92. The molecule has 0 bridgehead atoms. The van der Waals surface area contributed by atoms with Gasteiger partial charge in [-0.15, -0.1) is 20.2 Å². The SMILES string of the molecule is [C-]#[N+]c1nc2c(nc1[N+]#[C-])c1c([N+]#[C-])c(C#N)nnc1c1nnc(C#N)c([N+]#[C-])c12. The molecule has 0 radical (unpaired) electrons. The molecule has 12 nitrogen and oxygen atoms in total. The Morgan fingerprint density at radius 2 is 0.967 bits per heavy atom. The monoisotopic (exact) mass is 384 g/mol. The molecular weight excluding hydrogens is 384 g/mol. The molecule has 4 aromatic rings. The summed E-state index contributed by atoms with van der Waals surface area (Å²) >= 11 is 0. The molecule has 132 valence electrons. The van der Waals surface area contributed by atoms with Crippen LogP contribution < -0.4 is 0 Å². The summed E-state index contributed by atoms with van der Waals surface area (Å²) in [6, 6.07) is 3.54. The van der Waals surface area contributed by atoms with Crippen LogP contribution in [0, 0.1) is 49.0 Å². The van der Waals surface area contributed by atoms with E-state index in [1.54, 1.807) is 12.1 Å². The first-order valence-corrected chi connectivity index (χ1v) is 7.67. The van der Waals surface area contributed by atoms with Crippen molar-refractivity contribution in [3.8, 4) is 12.1 Å². The third kappa shape index (κ3) is 2.14. The van der Waals surface area contributed by atoms with E-state index in [1.807, 2.05) is 0 Å².